The molecule has 2 heterocycles. The van der Waals surface area contributed by atoms with E-state index in [9.17, 15) is 4.79 Å². The van der Waals surface area contributed by atoms with Crippen LogP contribution in [0.3, 0.4) is 0 Å². The maximum Gasteiger partial charge on any atom is 0.255 e. The number of hydrogen-bond acceptors (Lipinski definition) is 3. The number of benzene rings is 1. The van der Waals surface area contributed by atoms with E-state index in [1.165, 1.54) is 47.8 Å². The average molecular weight is 403 g/mol. The summed E-state index contributed by atoms with van der Waals surface area (Å²) in [6.07, 6.45) is 12.4. The molecule has 0 saturated heterocycles. The Morgan fingerprint density at radius 3 is 2.37 bits per heavy atom. The summed E-state index contributed by atoms with van der Waals surface area (Å²) in [7, 11) is 0. The molecule has 1 N–H and O–H groups in total. The molecule has 3 aliphatic rings. The molecule has 2 fully saturated rings. The van der Waals surface area contributed by atoms with Gasteiger partial charge in [-0.1, -0.05) is 24.3 Å². The number of rotatable bonds is 6. The molecule has 0 unspecified atom stereocenters. The van der Waals surface area contributed by atoms with Crippen LogP contribution in [0.25, 0.3) is 11.0 Å². The van der Waals surface area contributed by atoms with Crippen LogP contribution in [0, 0.1) is 0 Å². The van der Waals surface area contributed by atoms with Gasteiger partial charge in [-0.2, -0.15) is 5.10 Å². The lowest BCUT2D eigenvalue weighted by Gasteiger charge is -2.30. The predicted octanol–water partition coefficient (Wildman–Crippen LogP) is 4.10. The summed E-state index contributed by atoms with van der Waals surface area (Å²) < 4.78 is 4.17. The van der Waals surface area contributed by atoms with E-state index in [4.69, 9.17) is 5.10 Å². The van der Waals surface area contributed by atoms with Gasteiger partial charge in [0.15, 0.2) is 0 Å². The van der Waals surface area contributed by atoms with Gasteiger partial charge in [0.1, 0.15) is 5.65 Å². The van der Waals surface area contributed by atoms with Gasteiger partial charge in [-0.15, -0.1) is 0 Å². The number of nitrogens with one attached hydrogen (secondary N) is 1. The molecule has 6 rings (SSSR count). The van der Waals surface area contributed by atoms with Crippen LogP contribution < -0.4 is 10.9 Å². The fraction of sp³-hybridized carbons (Fsp3) is 0.520. The molecule has 30 heavy (non-hydrogen) atoms. The van der Waals surface area contributed by atoms with Crippen LogP contribution in [-0.4, -0.2) is 20.4 Å². The first-order chi connectivity index (χ1) is 14.8. The number of nitrogens with zero attached hydrogens (tertiary/aromatic N) is 3. The summed E-state index contributed by atoms with van der Waals surface area (Å²) in [6, 6.07) is 9.94. The van der Waals surface area contributed by atoms with Crippen molar-refractivity contribution in [2.45, 2.75) is 83.0 Å². The topological polar surface area (TPSA) is 51.9 Å². The average Bonchev–Trinajstić information content (AvgIpc) is 3.48. The Labute approximate surface area is 177 Å². The Morgan fingerprint density at radius 1 is 0.933 bits per heavy atom. The first-order valence-electron chi connectivity index (χ1n) is 11.7. The molecule has 1 aromatic carbocycles. The quantitative estimate of drug-likeness (QED) is 0.675. The maximum atomic E-state index is 13.5. The summed E-state index contributed by atoms with van der Waals surface area (Å²) in [6.45, 7) is 1.66. The summed E-state index contributed by atoms with van der Waals surface area (Å²) in [5.74, 6) is 0. The summed E-state index contributed by atoms with van der Waals surface area (Å²) in [4.78, 5) is 13.5. The Kier molecular flexibility index (Phi) is 4.52. The molecule has 2 aromatic heterocycles. The molecule has 3 aromatic rings. The van der Waals surface area contributed by atoms with E-state index in [2.05, 4.69) is 38.8 Å². The number of hydrogen-bond donors (Lipinski definition) is 1. The molecule has 2 saturated carbocycles. The van der Waals surface area contributed by atoms with Gasteiger partial charge in [0, 0.05) is 29.6 Å². The molecule has 0 atom stereocenters. The van der Waals surface area contributed by atoms with Crippen LogP contribution in [0.4, 0.5) is 0 Å². The van der Waals surface area contributed by atoms with Crippen LogP contribution in [0.1, 0.15) is 73.2 Å². The molecular weight excluding hydrogens is 372 g/mol. The van der Waals surface area contributed by atoms with Gasteiger partial charge in [-0.25, -0.2) is 4.68 Å². The molecule has 0 aliphatic heterocycles. The highest BCUT2D eigenvalue weighted by atomic mass is 16.1. The smallest absolute Gasteiger partial charge is 0.255 e. The molecule has 5 heteroatoms. The normalized spacial score (nSPS) is 19.1. The van der Waals surface area contributed by atoms with E-state index in [0.717, 1.165) is 55.9 Å². The van der Waals surface area contributed by atoms with Crippen LogP contribution in [-0.2, 0) is 25.9 Å². The highest BCUT2D eigenvalue weighted by molar-refractivity contribution is 5.81. The molecule has 0 amide bonds. The number of aryl methyl sites for hydroxylation is 1. The Morgan fingerprint density at radius 2 is 1.67 bits per heavy atom. The van der Waals surface area contributed by atoms with Gasteiger partial charge >= 0.3 is 0 Å². The van der Waals surface area contributed by atoms with E-state index in [0.29, 0.717) is 12.6 Å². The predicted molar refractivity (Wildman–Crippen MR) is 119 cm³/mol. The Balaban J connectivity index is 1.36. The second kappa shape index (κ2) is 7.38. The molecule has 3 aliphatic carbocycles. The van der Waals surface area contributed by atoms with Gasteiger partial charge < -0.3 is 5.32 Å². The monoisotopic (exact) mass is 402 g/mol. The Bertz CT molecular complexity index is 1130. The van der Waals surface area contributed by atoms with Gasteiger partial charge in [0.25, 0.3) is 5.56 Å². The van der Waals surface area contributed by atoms with Crippen molar-refractivity contribution in [3.8, 4) is 0 Å². The highest BCUT2D eigenvalue weighted by Gasteiger charge is 2.28. The van der Waals surface area contributed by atoms with Crippen molar-refractivity contribution in [1.29, 1.82) is 0 Å². The third-order valence-corrected chi connectivity index (χ3v) is 7.28. The fourth-order valence-electron chi connectivity index (χ4n) is 5.11. The number of fused-ring (bicyclic) bond motifs is 3. The van der Waals surface area contributed by atoms with E-state index < -0.39 is 0 Å². The zero-order valence-electron chi connectivity index (χ0n) is 17.6. The molecule has 0 spiro atoms. The molecule has 0 radical (unpaired) electrons. The van der Waals surface area contributed by atoms with Gasteiger partial charge in [-0.05, 0) is 74.5 Å². The third-order valence-electron chi connectivity index (χ3n) is 7.28. The van der Waals surface area contributed by atoms with Crippen molar-refractivity contribution in [3.63, 3.8) is 0 Å². The number of aromatic nitrogens is 3. The van der Waals surface area contributed by atoms with Crippen LogP contribution >= 0.6 is 0 Å². The van der Waals surface area contributed by atoms with Crippen molar-refractivity contribution >= 4 is 11.0 Å². The van der Waals surface area contributed by atoms with E-state index in [1.54, 1.807) is 0 Å². The third kappa shape index (κ3) is 3.20. The SMILES string of the molecule is O=c1c2c(c3cnn(Cc4ccc(CNC5CC5)cc4)c3n1C1CCC1)CCCC2. The second-order valence-corrected chi connectivity index (χ2v) is 9.44. The van der Waals surface area contributed by atoms with Crippen molar-refractivity contribution in [2.75, 3.05) is 0 Å². The van der Waals surface area contributed by atoms with E-state index in [-0.39, 0.29) is 5.56 Å². The first-order valence-corrected chi connectivity index (χ1v) is 11.7. The second-order valence-electron chi connectivity index (χ2n) is 9.44. The lowest BCUT2D eigenvalue weighted by atomic mass is 9.88. The zero-order chi connectivity index (χ0) is 20.1. The van der Waals surface area contributed by atoms with Gasteiger partial charge in [-0.3, -0.25) is 9.36 Å². The highest BCUT2D eigenvalue weighted by Crippen LogP contribution is 2.35. The first kappa shape index (κ1) is 18.4. The summed E-state index contributed by atoms with van der Waals surface area (Å²) in [5, 5.41) is 9.56. The summed E-state index contributed by atoms with van der Waals surface area (Å²) in [5.41, 5.74) is 6.20. The minimum absolute atomic E-state index is 0.255. The van der Waals surface area contributed by atoms with Crippen molar-refractivity contribution in [2.24, 2.45) is 0 Å². The maximum absolute atomic E-state index is 13.5. The Hall–Kier alpha value is -2.40. The van der Waals surface area contributed by atoms with E-state index in [1.807, 2.05) is 6.20 Å². The number of pyridine rings is 1. The van der Waals surface area contributed by atoms with Crippen molar-refractivity contribution in [1.82, 2.24) is 19.7 Å². The van der Waals surface area contributed by atoms with Gasteiger partial charge in [0.05, 0.1) is 12.7 Å². The lowest BCUT2D eigenvalue weighted by Crippen LogP contribution is -2.34. The molecule has 5 nitrogen and oxygen atoms in total. The van der Waals surface area contributed by atoms with Crippen molar-refractivity contribution < 1.29 is 0 Å². The molecule has 0 bridgehead atoms. The zero-order valence-corrected chi connectivity index (χ0v) is 17.6. The standard InChI is InChI=1S/C25H30N4O/c30-25-22-7-2-1-6-21(22)23-15-27-28(24(23)29(25)20-4-3-5-20)16-18-10-8-17(9-11-18)14-26-19-12-13-19/h8-11,15,19-20,26H,1-7,12-14,16H2. The lowest BCUT2D eigenvalue weighted by molar-refractivity contribution is 0.309. The fourth-order valence-corrected chi connectivity index (χ4v) is 5.11. The van der Waals surface area contributed by atoms with Gasteiger partial charge in [0.2, 0.25) is 0 Å². The van der Waals surface area contributed by atoms with Crippen LogP contribution in [0.15, 0.2) is 35.3 Å². The minimum atomic E-state index is 0.255. The van der Waals surface area contributed by atoms with Crippen LogP contribution in [0.2, 0.25) is 0 Å². The largest absolute Gasteiger partial charge is 0.310 e. The summed E-state index contributed by atoms with van der Waals surface area (Å²) >= 11 is 0. The minimum Gasteiger partial charge on any atom is -0.310 e. The molecular formula is C25H30N4O. The molecule has 156 valence electrons. The van der Waals surface area contributed by atoms with Crippen molar-refractivity contribution in [3.05, 3.63) is 63.1 Å². The van der Waals surface area contributed by atoms with E-state index >= 15 is 0 Å². The van der Waals surface area contributed by atoms with Crippen LogP contribution in [0.5, 0.6) is 0 Å².